The van der Waals surface area contributed by atoms with Gasteiger partial charge in [0.05, 0.1) is 51.9 Å². The van der Waals surface area contributed by atoms with Crippen molar-refractivity contribution in [3.05, 3.63) is 94.2 Å². The highest BCUT2D eigenvalue weighted by molar-refractivity contribution is 6.32. The number of ketones is 1. The fourth-order valence-corrected chi connectivity index (χ4v) is 3.41. The summed E-state index contributed by atoms with van der Waals surface area (Å²) >= 11 is 6.42. The number of fused-ring (bicyclic) bond motifs is 1. The monoisotopic (exact) mass is 587 g/mol. The Morgan fingerprint density at radius 1 is 1.24 bits per heavy atom. The zero-order valence-corrected chi connectivity index (χ0v) is 22.5. The lowest BCUT2D eigenvalue weighted by Crippen LogP contribution is -2.11. The number of rotatable bonds is 12. The SMILES string of the molecule is [2H]c1nc2c([2H])c(OC([2H])([2H])C([2H])([2H])[2H])c(CC(=O)/C=C/C([2H])([2H])N(C)C)c([2H])c2c(Nc2c([2H])c([2H])c(OC([2H])([2H])c3nc(C)c([2H])c([2H])c3[2H])c(Cl)c2[2H])c1C#N. The van der Waals surface area contributed by atoms with Crippen LogP contribution in [0.1, 0.15) is 54.0 Å². The Bertz CT molecular complexity index is 2440. The van der Waals surface area contributed by atoms with Gasteiger partial charge in [0.25, 0.3) is 0 Å². The number of hydrogen-bond donors (Lipinski definition) is 1. The number of nitrogens with zero attached hydrogens (tertiary/aromatic N) is 4. The van der Waals surface area contributed by atoms with Crippen molar-refractivity contribution in [1.29, 1.82) is 5.26 Å². The molecular formula is C32H32ClN5O3. The summed E-state index contributed by atoms with van der Waals surface area (Å²) in [5.74, 6) is -2.80. The van der Waals surface area contributed by atoms with Crippen LogP contribution in [0.5, 0.6) is 11.5 Å². The normalized spacial score (nSPS) is 18.8. The molecule has 210 valence electrons. The average Bonchev–Trinajstić information content (AvgIpc) is 3.13. The van der Waals surface area contributed by atoms with E-state index in [1.165, 1.54) is 21.0 Å². The Balaban J connectivity index is 2.00. The fraction of sp³-hybridized carbons (Fsp3) is 0.250. The van der Waals surface area contributed by atoms with Gasteiger partial charge in [0.1, 0.15) is 24.1 Å². The summed E-state index contributed by atoms with van der Waals surface area (Å²) < 4.78 is 159. The highest BCUT2D eigenvalue weighted by Crippen LogP contribution is 2.36. The third kappa shape index (κ3) is 7.82. The molecule has 9 heteroatoms. The van der Waals surface area contributed by atoms with Crippen LogP contribution >= 0.6 is 11.6 Å². The molecule has 2 aromatic heterocycles. The number of allylic oxidation sites excluding steroid dienone is 1. The predicted octanol–water partition coefficient (Wildman–Crippen LogP) is 6.41. The smallest absolute Gasteiger partial charge is 0.159 e. The second-order valence-electron chi connectivity index (χ2n) is 8.21. The van der Waals surface area contributed by atoms with E-state index < -0.39 is 149 Å². The highest BCUT2D eigenvalue weighted by Gasteiger charge is 2.16. The Morgan fingerprint density at radius 3 is 2.88 bits per heavy atom. The predicted molar refractivity (Wildman–Crippen MR) is 162 cm³/mol. The second kappa shape index (κ2) is 13.8. The van der Waals surface area contributed by atoms with E-state index in [0.717, 1.165) is 17.1 Å². The maximum atomic E-state index is 13.3. The zero-order valence-electron chi connectivity index (χ0n) is 39.8. The number of likely N-dealkylation sites (N-methyl/N-ethyl adjacent to an activating group) is 1. The van der Waals surface area contributed by atoms with Gasteiger partial charge in [-0.3, -0.25) is 14.8 Å². The fourth-order valence-electron chi connectivity index (χ4n) is 3.23. The van der Waals surface area contributed by atoms with Gasteiger partial charge in [-0.2, -0.15) is 5.26 Å². The van der Waals surface area contributed by atoms with E-state index >= 15 is 0 Å². The first-order valence-electron chi connectivity index (χ1n) is 20.6. The molecule has 0 spiro atoms. The van der Waals surface area contributed by atoms with Crippen molar-refractivity contribution in [2.24, 2.45) is 0 Å². The number of benzene rings is 2. The Hall–Kier alpha value is -4.45. The van der Waals surface area contributed by atoms with Crippen LogP contribution in [0.4, 0.5) is 11.4 Å². The van der Waals surface area contributed by atoms with Gasteiger partial charge in [0.15, 0.2) is 5.78 Å². The van der Waals surface area contributed by atoms with Crippen molar-refractivity contribution in [3.8, 4) is 17.6 Å². The molecule has 8 nitrogen and oxygen atoms in total. The first kappa shape index (κ1) is 13.9. The number of aromatic nitrogens is 2. The first-order chi connectivity index (χ1) is 26.9. The quantitative estimate of drug-likeness (QED) is 0.190. The Kier molecular flexibility index (Phi) is 4.68. The number of hydrogen-bond acceptors (Lipinski definition) is 8. The van der Waals surface area contributed by atoms with Crippen LogP contribution in [0.2, 0.25) is 5.02 Å². The number of carbonyl (C=O) groups is 1. The number of nitrogens with one attached hydrogen (secondary N) is 1. The van der Waals surface area contributed by atoms with E-state index in [1.807, 2.05) is 0 Å². The lowest BCUT2D eigenvalue weighted by Gasteiger charge is -2.16. The number of pyridine rings is 2. The van der Waals surface area contributed by atoms with Crippen LogP contribution in [0.15, 0.2) is 66.7 Å². The van der Waals surface area contributed by atoms with Gasteiger partial charge in [-0.05, 0) is 70.2 Å². The van der Waals surface area contributed by atoms with Gasteiger partial charge in [-0.1, -0.05) is 23.7 Å². The summed E-state index contributed by atoms with van der Waals surface area (Å²) in [5.41, 5.74) is -4.22. The third-order valence-corrected chi connectivity index (χ3v) is 5.22. The Labute approximate surface area is 270 Å². The van der Waals surface area contributed by atoms with Gasteiger partial charge in [0, 0.05) is 54.3 Å². The van der Waals surface area contributed by atoms with Crippen molar-refractivity contribution in [1.82, 2.24) is 14.9 Å². The van der Waals surface area contributed by atoms with Crippen molar-refractivity contribution in [2.45, 2.75) is 26.8 Å². The number of carbonyl (C=O) groups excluding carboxylic acids is 1. The number of aryl methyl sites for hydroxylation is 1. The summed E-state index contributed by atoms with van der Waals surface area (Å²) in [6.45, 7) is -11.0. The molecule has 0 radical (unpaired) electrons. The highest BCUT2D eigenvalue weighted by atomic mass is 35.5. The lowest BCUT2D eigenvalue weighted by atomic mass is 10.0. The van der Waals surface area contributed by atoms with Crippen LogP contribution in [-0.2, 0) is 17.8 Å². The van der Waals surface area contributed by atoms with Crippen LogP contribution < -0.4 is 14.8 Å². The first-order valence-corrected chi connectivity index (χ1v) is 11.9. The second-order valence-corrected chi connectivity index (χ2v) is 8.59. The van der Waals surface area contributed by atoms with Gasteiger partial charge in [-0.25, -0.2) is 0 Å². The topological polar surface area (TPSA) is 100 Å². The molecule has 1 N–H and O–H groups in total. The zero-order chi connectivity index (χ0) is 45.1. The summed E-state index contributed by atoms with van der Waals surface area (Å²) in [7, 11) is 2.76. The van der Waals surface area contributed by atoms with Crippen molar-refractivity contribution in [2.75, 3.05) is 32.5 Å². The molecule has 0 atom stereocenters. The van der Waals surface area contributed by atoms with Crippen molar-refractivity contribution >= 4 is 39.7 Å². The third-order valence-electron chi connectivity index (χ3n) is 4.95. The molecule has 0 amide bonds. The molecular weight excluding hydrogens is 538 g/mol. The van der Waals surface area contributed by atoms with Crippen molar-refractivity contribution in [3.63, 3.8) is 0 Å². The number of anilines is 2. The molecule has 0 saturated carbocycles. The molecule has 41 heavy (non-hydrogen) atoms. The molecule has 0 aliphatic heterocycles. The molecule has 0 aliphatic carbocycles. The lowest BCUT2D eigenvalue weighted by molar-refractivity contribution is -0.114. The maximum Gasteiger partial charge on any atom is 0.159 e. The minimum Gasteiger partial charge on any atom is -0.494 e. The van der Waals surface area contributed by atoms with Crippen LogP contribution in [-0.4, -0.2) is 47.8 Å². The maximum absolute atomic E-state index is 13.3. The summed E-state index contributed by atoms with van der Waals surface area (Å²) in [6.07, 6.45) is -0.167. The number of nitriles is 1. The van der Waals surface area contributed by atoms with Crippen LogP contribution in [0.25, 0.3) is 10.9 Å². The van der Waals surface area contributed by atoms with E-state index in [1.54, 1.807) is 6.07 Å². The van der Waals surface area contributed by atoms with Gasteiger partial charge >= 0.3 is 0 Å². The molecule has 2 heterocycles. The standard InChI is InChI=1S/C32H32ClN5O3/c1-5-40-31-17-29-27(15-22(31)14-26(39)10-7-13-38(3)4)32(23(18-34)19-35-29)37-24-11-12-30(28(33)16-24)41-20-25-9-6-8-21(2)36-25/h6-12,15-17,19H,5,13-14,20H2,1-4H3,(H,35,37)/b10-7+/i1D3,5D2,6D,8D,9D,11D,12D,13D2,15D,16D,17D,19D,20D2. The van der Waals surface area contributed by atoms with E-state index in [9.17, 15) is 11.4 Å². The van der Waals surface area contributed by atoms with E-state index in [0.29, 0.717) is 0 Å². The Morgan fingerprint density at radius 2 is 2.10 bits per heavy atom. The minimum absolute atomic E-state index is 0.130. The molecule has 2 aromatic carbocycles. The molecule has 0 saturated heterocycles. The average molecular weight is 588 g/mol. The number of halogens is 1. The molecule has 0 fully saturated rings. The van der Waals surface area contributed by atoms with E-state index in [4.69, 9.17) is 44.4 Å². The molecule has 0 aliphatic rings. The van der Waals surface area contributed by atoms with Crippen molar-refractivity contribution < 1.29 is 38.9 Å². The summed E-state index contributed by atoms with van der Waals surface area (Å²) in [4.78, 5) is 22.1. The minimum atomic E-state index is -3.54. The van der Waals surface area contributed by atoms with Gasteiger partial charge in [-0.15, -0.1) is 0 Å². The molecule has 4 rings (SSSR count). The van der Waals surface area contributed by atoms with Gasteiger partial charge < -0.3 is 19.7 Å². The van der Waals surface area contributed by atoms with E-state index in [-0.39, 0.29) is 5.69 Å². The summed E-state index contributed by atoms with van der Waals surface area (Å²) in [5, 5.41) is 11.3. The van der Waals surface area contributed by atoms with Crippen LogP contribution in [0, 0.1) is 18.3 Å². The van der Waals surface area contributed by atoms with Gasteiger partial charge in [0.2, 0.25) is 0 Å². The molecule has 4 aromatic rings. The van der Waals surface area contributed by atoms with E-state index in [2.05, 4.69) is 15.3 Å². The van der Waals surface area contributed by atoms with Crippen LogP contribution in [0.3, 0.4) is 0 Å². The largest absolute Gasteiger partial charge is 0.494 e. The molecule has 0 unspecified atom stereocenters. The number of ether oxygens (including phenoxy) is 2. The summed E-state index contributed by atoms with van der Waals surface area (Å²) in [6, 6.07) is -4.88. The molecule has 0 bridgehead atoms.